The fourth-order valence-electron chi connectivity index (χ4n) is 2.42. The molecule has 1 aromatic rings. The van der Waals surface area contributed by atoms with E-state index in [1.807, 2.05) is 0 Å². The molecule has 0 aliphatic carbocycles. The standard InChI is InChI=1S/C12H16ClN3O/c1-8-3-4-16(9(2)5-8)12-10(6-17)11(13)14-7-15-12/h6-9H,3-5H2,1-2H3. The lowest BCUT2D eigenvalue weighted by molar-refractivity contribution is 0.112. The van der Waals surface area contributed by atoms with Crippen molar-refractivity contribution in [2.45, 2.75) is 32.7 Å². The van der Waals surface area contributed by atoms with Crippen molar-refractivity contribution in [1.82, 2.24) is 9.97 Å². The predicted octanol–water partition coefficient (Wildman–Crippen LogP) is 2.57. The van der Waals surface area contributed by atoms with E-state index in [2.05, 4.69) is 28.7 Å². The molecule has 2 rings (SSSR count). The lowest BCUT2D eigenvalue weighted by Gasteiger charge is -2.37. The fourth-order valence-corrected chi connectivity index (χ4v) is 2.59. The summed E-state index contributed by atoms with van der Waals surface area (Å²) in [5.74, 6) is 1.39. The molecule has 0 spiro atoms. The molecule has 2 unspecified atom stereocenters. The van der Waals surface area contributed by atoms with Gasteiger partial charge in [0.1, 0.15) is 17.3 Å². The molecule has 2 atom stereocenters. The third-order valence-electron chi connectivity index (χ3n) is 3.34. The number of aldehydes is 1. The summed E-state index contributed by atoms with van der Waals surface area (Å²) in [6.45, 7) is 5.32. The smallest absolute Gasteiger partial charge is 0.156 e. The Kier molecular flexibility index (Phi) is 3.62. The van der Waals surface area contributed by atoms with Crippen LogP contribution in [0.5, 0.6) is 0 Å². The van der Waals surface area contributed by atoms with Crippen LogP contribution in [-0.4, -0.2) is 28.8 Å². The number of aromatic nitrogens is 2. The van der Waals surface area contributed by atoms with Gasteiger partial charge in [0.25, 0.3) is 0 Å². The maximum absolute atomic E-state index is 11.1. The van der Waals surface area contributed by atoms with Crippen LogP contribution in [0.3, 0.4) is 0 Å². The van der Waals surface area contributed by atoms with Crippen LogP contribution in [0.15, 0.2) is 6.33 Å². The molecule has 0 saturated carbocycles. The van der Waals surface area contributed by atoms with Gasteiger partial charge in [0.2, 0.25) is 0 Å². The van der Waals surface area contributed by atoms with Crippen LogP contribution in [0.2, 0.25) is 5.15 Å². The van der Waals surface area contributed by atoms with E-state index >= 15 is 0 Å². The minimum absolute atomic E-state index is 0.232. The summed E-state index contributed by atoms with van der Waals surface area (Å²) >= 11 is 5.92. The first-order valence-corrected chi connectivity index (χ1v) is 6.23. The Morgan fingerprint density at radius 2 is 2.24 bits per heavy atom. The van der Waals surface area contributed by atoms with Crippen molar-refractivity contribution in [1.29, 1.82) is 0 Å². The largest absolute Gasteiger partial charge is 0.353 e. The van der Waals surface area contributed by atoms with Crippen LogP contribution >= 0.6 is 11.6 Å². The maximum Gasteiger partial charge on any atom is 0.156 e. The van der Waals surface area contributed by atoms with Crippen molar-refractivity contribution in [3.05, 3.63) is 17.0 Å². The molecule has 1 aromatic heterocycles. The number of hydrogen-bond acceptors (Lipinski definition) is 4. The summed E-state index contributed by atoms with van der Waals surface area (Å²) in [6.07, 6.45) is 4.38. The third-order valence-corrected chi connectivity index (χ3v) is 3.64. The molecule has 4 nitrogen and oxygen atoms in total. The van der Waals surface area contributed by atoms with E-state index in [-0.39, 0.29) is 5.15 Å². The summed E-state index contributed by atoms with van der Waals surface area (Å²) in [6, 6.07) is 0.378. The Bertz CT molecular complexity index is 424. The molecule has 5 heteroatoms. The number of halogens is 1. The SMILES string of the molecule is CC1CCN(c2ncnc(Cl)c2C=O)C(C)C1. The molecule has 1 fully saturated rings. The van der Waals surface area contributed by atoms with Crippen molar-refractivity contribution in [3.8, 4) is 0 Å². The lowest BCUT2D eigenvalue weighted by atomic mass is 9.93. The molecule has 1 saturated heterocycles. The molecule has 1 aliphatic heterocycles. The molecule has 92 valence electrons. The molecule has 2 heterocycles. The summed E-state index contributed by atoms with van der Waals surface area (Å²) in [5.41, 5.74) is 0.399. The number of carbonyl (C=O) groups is 1. The zero-order valence-corrected chi connectivity index (χ0v) is 10.8. The molecule has 0 aromatic carbocycles. The highest BCUT2D eigenvalue weighted by molar-refractivity contribution is 6.32. The van der Waals surface area contributed by atoms with E-state index in [1.54, 1.807) is 0 Å². The Balaban J connectivity index is 2.33. The quantitative estimate of drug-likeness (QED) is 0.600. The van der Waals surface area contributed by atoms with Gasteiger partial charge in [-0.3, -0.25) is 4.79 Å². The van der Waals surface area contributed by atoms with Gasteiger partial charge in [-0.05, 0) is 25.7 Å². The van der Waals surface area contributed by atoms with E-state index in [1.165, 1.54) is 6.33 Å². The lowest BCUT2D eigenvalue weighted by Crippen LogP contribution is -2.41. The van der Waals surface area contributed by atoms with Crippen LogP contribution < -0.4 is 4.90 Å². The molecule has 0 radical (unpaired) electrons. The van der Waals surface area contributed by atoms with Gasteiger partial charge in [-0.15, -0.1) is 0 Å². The van der Waals surface area contributed by atoms with Crippen LogP contribution in [0.25, 0.3) is 0 Å². The Morgan fingerprint density at radius 3 is 2.88 bits per heavy atom. The van der Waals surface area contributed by atoms with E-state index in [0.29, 0.717) is 17.4 Å². The van der Waals surface area contributed by atoms with Gasteiger partial charge in [-0.2, -0.15) is 0 Å². The first-order valence-electron chi connectivity index (χ1n) is 5.85. The minimum Gasteiger partial charge on any atom is -0.353 e. The molecular weight excluding hydrogens is 238 g/mol. The van der Waals surface area contributed by atoms with Crippen LogP contribution in [0, 0.1) is 5.92 Å². The van der Waals surface area contributed by atoms with Gasteiger partial charge in [0, 0.05) is 12.6 Å². The fraction of sp³-hybridized carbons (Fsp3) is 0.583. The molecule has 0 amide bonds. The van der Waals surface area contributed by atoms with Crippen LogP contribution in [0.4, 0.5) is 5.82 Å². The van der Waals surface area contributed by atoms with Crippen molar-refractivity contribution in [2.75, 3.05) is 11.4 Å². The van der Waals surface area contributed by atoms with Gasteiger partial charge in [-0.1, -0.05) is 18.5 Å². The number of nitrogens with zero attached hydrogens (tertiary/aromatic N) is 3. The highest BCUT2D eigenvalue weighted by atomic mass is 35.5. The van der Waals surface area contributed by atoms with Gasteiger partial charge >= 0.3 is 0 Å². The van der Waals surface area contributed by atoms with Crippen LogP contribution in [-0.2, 0) is 0 Å². The normalized spacial score (nSPS) is 24.8. The first kappa shape index (κ1) is 12.3. The van der Waals surface area contributed by atoms with E-state index in [4.69, 9.17) is 11.6 Å². The van der Waals surface area contributed by atoms with Crippen molar-refractivity contribution in [2.24, 2.45) is 5.92 Å². The van der Waals surface area contributed by atoms with Crippen molar-refractivity contribution in [3.63, 3.8) is 0 Å². The highest BCUT2D eigenvalue weighted by Crippen LogP contribution is 2.29. The predicted molar refractivity (Wildman–Crippen MR) is 67.6 cm³/mol. The van der Waals surface area contributed by atoms with Gasteiger partial charge in [0.15, 0.2) is 6.29 Å². The summed E-state index contributed by atoms with van der Waals surface area (Å²) < 4.78 is 0. The second-order valence-corrected chi connectivity index (χ2v) is 5.05. The summed E-state index contributed by atoms with van der Waals surface area (Å²) in [4.78, 5) is 21.3. The topological polar surface area (TPSA) is 46.1 Å². The zero-order chi connectivity index (χ0) is 12.4. The van der Waals surface area contributed by atoms with Crippen molar-refractivity contribution < 1.29 is 4.79 Å². The van der Waals surface area contributed by atoms with E-state index in [0.717, 1.165) is 31.6 Å². The number of piperidine rings is 1. The highest BCUT2D eigenvalue weighted by Gasteiger charge is 2.26. The second-order valence-electron chi connectivity index (χ2n) is 4.69. The Hall–Kier alpha value is -1.16. The average Bonchev–Trinajstić information content (AvgIpc) is 2.29. The van der Waals surface area contributed by atoms with E-state index in [9.17, 15) is 4.79 Å². The third kappa shape index (κ3) is 2.41. The molecular formula is C12H16ClN3O. The number of carbonyl (C=O) groups excluding carboxylic acids is 1. The summed E-state index contributed by atoms with van der Waals surface area (Å²) in [5, 5.41) is 0.232. The minimum atomic E-state index is 0.232. The molecule has 0 bridgehead atoms. The maximum atomic E-state index is 11.1. The summed E-state index contributed by atoms with van der Waals surface area (Å²) in [7, 11) is 0. The molecule has 17 heavy (non-hydrogen) atoms. The second kappa shape index (κ2) is 5.00. The number of rotatable bonds is 2. The monoisotopic (exact) mass is 253 g/mol. The van der Waals surface area contributed by atoms with E-state index < -0.39 is 0 Å². The average molecular weight is 254 g/mol. The number of hydrogen-bond donors (Lipinski definition) is 0. The first-order chi connectivity index (χ1) is 8.13. The number of anilines is 1. The zero-order valence-electron chi connectivity index (χ0n) is 10.1. The molecule has 1 aliphatic rings. The van der Waals surface area contributed by atoms with Crippen LogP contribution in [0.1, 0.15) is 37.0 Å². The molecule has 0 N–H and O–H groups in total. The van der Waals surface area contributed by atoms with Crippen molar-refractivity contribution >= 4 is 23.7 Å². The Labute approximate surface area is 106 Å². The van der Waals surface area contributed by atoms with Gasteiger partial charge < -0.3 is 4.90 Å². The van der Waals surface area contributed by atoms with Gasteiger partial charge in [-0.25, -0.2) is 9.97 Å². The Morgan fingerprint density at radius 1 is 1.47 bits per heavy atom. The van der Waals surface area contributed by atoms with Gasteiger partial charge in [0.05, 0.1) is 5.56 Å².